The molecule has 132 valence electrons. The lowest BCUT2D eigenvalue weighted by Gasteiger charge is -2.43. The number of methoxy groups -OCH3 is 1. The lowest BCUT2D eigenvalue weighted by atomic mass is 9.76. The molecule has 0 unspecified atom stereocenters. The summed E-state index contributed by atoms with van der Waals surface area (Å²) in [6.45, 7) is 4.82. The van der Waals surface area contributed by atoms with Gasteiger partial charge in [0.25, 0.3) is 0 Å². The molecule has 0 bridgehead atoms. The fourth-order valence-electron chi connectivity index (χ4n) is 4.33. The highest BCUT2D eigenvalue weighted by atomic mass is 16.5. The molecule has 0 radical (unpaired) electrons. The molecule has 4 nitrogen and oxygen atoms in total. The number of likely N-dealkylation sites (tertiary alicyclic amines) is 1. The summed E-state index contributed by atoms with van der Waals surface area (Å²) in [6, 6.07) is 9.24. The van der Waals surface area contributed by atoms with Gasteiger partial charge >= 0.3 is 5.97 Å². The molecule has 0 aromatic heterocycles. The molecule has 3 rings (SSSR count). The molecule has 0 saturated carbocycles. The second-order valence-electron chi connectivity index (χ2n) is 7.15. The molecule has 2 aliphatic rings. The molecule has 1 aromatic rings. The van der Waals surface area contributed by atoms with Gasteiger partial charge in [-0.3, -0.25) is 9.69 Å². The van der Waals surface area contributed by atoms with E-state index >= 15 is 0 Å². The minimum absolute atomic E-state index is 0.0396. The van der Waals surface area contributed by atoms with Gasteiger partial charge in [-0.25, -0.2) is 0 Å². The summed E-state index contributed by atoms with van der Waals surface area (Å²) in [5.74, 6) is -0.0396. The van der Waals surface area contributed by atoms with Crippen LogP contribution in [0.15, 0.2) is 24.3 Å². The first kappa shape index (κ1) is 17.4. The Balaban J connectivity index is 1.73. The third kappa shape index (κ3) is 3.50. The zero-order valence-electron chi connectivity index (χ0n) is 14.9. The summed E-state index contributed by atoms with van der Waals surface area (Å²) < 4.78 is 10.7. The highest BCUT2D eigenvalue weighted by Gasteiger charge is 2.45. The monoisotopic (exact) mass is 331 g/mol. The molecule has 1 aliphatic carbocycles. The first-order valence-corrected chi connectivity index (χ1v) is 9.15. The maximum absolute atomic E-state index is 12.7. The summed E-state index contributed by atoms with van der Waals surface area (Å²) >= 11 is 0. The van der Waals surface area contributed by atoms with Gasteiger partial charge in [-0.2, -0.15) is 0 Å². The van der Waals surface area contributed by atoms with E-state index in [0.717, 1.165) is 45.2 Å². The molecular weight excluding hydrogens is 302 g/mol. The molecule has 4 heteroatoms. The van der Waals surface area contributed by atoms with Crippen molar-refractivity contribution >= 4 is 5.97 Å². The van der Waals surface area contributed by atoms with E-state index < -0.39 is 5.41 Å². The van der Waals surface area contributed by atoms with Gasteiger partial charge in [-0.05, 0) is 56.7 Å². The van der Waals surface area contributed by atoms with Crippen molar-refractivity contribution in [3.63, 3.8) is 0 Å². The van der Waals surface area contributed by atoms with Crippen molar-refractivity contribution in [1.82, 2.24) is 4.90 Å². The zero-order valence-corrected chi connectivity index (χ0v) is 14.9. The minimum Gasteiger partial charge on any atom is -0.466 e. The van der Waals surface area contributed by atoms with Crippen LogP contribution in [0.3, 0.4) is 0 Å². The Morgan fingerprint density at radius 2 is 2.00 bits per heavy atom. The number of rotatable bonds is 6. The van der Waals surface area contributed by atoms with Crippen molar-refractivity contribution in [2.75, 3.05) is 33.4 Å². The Labute approximate surface area is 145 Å². The second-order valence-corrected chi connectivity index (χ2v) is 7.15. The van der Waals surface area contributed by atoms with E-state index in [0.29, 0.717) is 19.3 Å². The lowest BCUT2D eigenvalue weighted by Crippen LogP contribution is -2.52. The fraction of sp³-hybridized carbons (Fsp3) is 0.650. The van der Waals surface area contributed by atoms with Crippen LogP contribution in [0.1, 0.15) is 37.3 Å². The Kier molecular flexibility index (Phi) is 5.57. The average molecular weight is 331 g/mol. The van der Waals surface area contributed by atoms with E-state index in [1.165, 1.54) is 11.1 Å². The van der Waals surface area contributed by atoms with Crippen LogP contribution in [0.4, 0.5) is 0 Å². The Bertz CT molecular complexity index is 549. The maximum atomic E-state index is 12.7. The summed E-state index contributed by atoms with van der Waals surface area (Å²) in [7, 11) is 1.70. The summed E-state index contributed by atoms with van der Waals surface area (Å²) in [5.41, 5.74) is 2.53. The summed E-state index contributed by atoms with van der Waals surface area (Å²) in [4.78, 5) is 15.2. The highest BCUT2D eigenvalue weighted by molar-refractivity contribution is 5.77. The molecule has 1 fully saturated rings. The van der Waals surface area contributed by atoms with Gasteiger partial charge in [0.1, 0.15) is 0 Å². The van der Waals surface area contributed by atoms with Crippen LogP contribution in [0.2, 0.25) is 0 Å². The van der Waals surface area contributed by atoms with Crippen LogP contribution >= 0.6 is 0 Å². The Morgan fingerprint density at radius 1 is 1.29 bits per heavy atom. The van der Waals surface area contributed by atoms with Crippen molar-refractivity contribution in [2.45, 2.75) is 45.1 Å². The Hall–Kier alpha value is -1.39. The molecule has 0 amide bonds. The molecule has 1 heterocycles. The zero-order chi connectivity index (χ0) is 17.0. The van der Waals surface area contributed by atoms with E-state index in [1.807, 2.05) is 6.92 Å². The van der Waals surface area contributed by atoms with Gasteiger partial charge in [0.15, 0.2) is 0 Å². The van der Waals surface area contributed by atoms with E-state index in [-0.39, 0.29) is 5.97 Å². The topological polar surface area (TPSA) is 38.8 Å². The van der Waals surface area contributed by atoms with Crippen LogP contribution in [0.25, 0.3) is 0 Å². The van der Waals surface area contributed by atoms with Crippen LogP contribution < -0.4 is 0 Å². The number of benzene rings is 1. The smallest absolute Gasteiger partial charge is 0.313 e. The van der Waals surface area contributed by atoms with Gasteiger partial charge < -0.3 is 9.47 Å². The average Bonchev–Trinajstić information content (AvgIpc) is 3.04. The van der Waals surface area contributed by atoms with Crippen LogP contribution in [-0.4, -0.2) is 50.3 Å². The van der Waals surface area contributed by atoms with Crippen molar-refractivity contribution in [2.24, 2.45) is 5.41 Å². The third-order valence-corrected chi connectivity index (χ3v) is 5.65. The van der Waals surface area contributed by atoms with E-state index in [1.54, 1.807) is 7.11 Å². The number of ether oxygens (including phenoxy) is 2. The first-order chi connectivity index (χ1) is 11.7. The number of piperidine rings is 1. The van der Waals surface area contributed by atoms with Gasteiger partial charge in [0.2, 0.25) is 0 Å². The maximum Gasteiger partial charge on any atom is 0.313 e. The van der Waals surface area contributed by atoms with E-state index in [9.17, 15) is 4.79 Å². The number of hydrogen-bond donors (Lipinski definition) is 0. The quantitative estimate of drug-likeness (QED) is 0.752. The Morgan fingerprint density at radius 3 is 2.62 bits per heavy atom. The molecule has 1 aliphatic heterocycles. The number of nitrogens with zero attached hydrogens (tertiary/aromatic N) is 1. The SMILES string of the molecule is CCOC(=O)[C@@]1(CCOC)CCCN(C2Cc3ccccc3C2)C1. The predicted octanol–water partition coefficient (Wildman–Crippen LogP) is 2.84. The molecule has 0 N–H and O–H groups in total. The molecule has 24 heavy (non-hydrogen) atoms. The number of fused-ring (bicyclic) bond motifs is 1. The standard InChI is InChI=1S/C20H29NO3/c1-3-24-19(22)20(10-12-23-2)9-6-11-21(15-20)18-13-16-7-4-5-8-17(16)14-18/h4-5,7-8,18H,3,6,9-15H2,1-2H3/t20-/m1/s1. The van der Waals surface area contributed by atoms with E-state index in [2.05, 4.69) is 29.2 Å². The predicted molar refractivity (Wildman–Crippen MR) is 94.0 cm³/mol. The second kappa shape index (κ2) is 7.66. The number of esters is 1. The number of hydrogen-bond acceptors (Lipinski definition) is 4. The van der Waals surface area contributed by atoms with Crippen molar-refractivity contribution in [3.8, 4) is 0 Å². The molecular formula is C20H29NO3. The first-order valence-electron chi connectivity index (χ1n) is 9.15. The third-order valence-electron chi connectivity index (χ3n) is 5.65. The van der Waals surface area contributed by atoms with E-state index in [4.69, 9.17) is 9.47 Å². The lowest BCUT2D eigenvalue weighted by molar-refractivity contribution is -0.161. The summed E-state index contributed by atoms with van der Waals surface area (Å²) in [6.07, 6.45) is 4.90. The van der Waals surface area contributed by atoms with Gasteiger partial charge in [-0.1, -0.05) is 24.3 Å². The number of carbonyl (C=O) groups is 1. The van der Waals surface area contributed by atoms with Crippen LogP contribution in [-0.2, 0) is 27.1 Å². The molecule has 1 saturated heterocycles. The molecule has 0 spiro atoms. The van der Waals surface area contributed by atoms with Gasteiger partial charge in [0, 0.05) is 26.3 Å². The normalized spacial score (nSPS) is 24.8. The van der Waals surface area contributed by atoms with Crippen molar-refractivity contribution < 1.29 is 14.3 Å². The number of carbonyl (C=O) groups excluding carboxylic acids is 1. The van der Waals surface area contributed by atoms with Crippen molar-refractivity contribution in [3.05, 3.63) is 35.4 Å². The summed E-state index contributed by atoms with van der Waals surface area (Å²) in [5, 5.41) is 0. The van der Waals surface area contributed by atoms with Crippen LogP contribution in [0, 0.1) is 5.41 Å². The minimum atomic E-state index is -0.404. The van der Waals surface area contributed by atoms with Crippen LogP contribution in [0.5, 0.6) is 0 Å². The molecule has 1 atom stereocenters. The van der Waals surface area contributed by atoms with Gasteiger partial charge in [0.05, 0.1) is 12.0 Å². The highest BCUT2D eigenvalue weighted by Crippen LogP contribution is 2.38. The van der Waals surface area contributed by atoms with Crippen molar-refractivity contribution in [1.29, 1.82) is 0 Å². The largest absolute Gasteiger partial charge is 0.466 e. The van der Waals surface area contributed by atoms with Gasteiger partial charge in [-0.15, -0.1) is 0 Å². The fourth-order valence-corrected chi connectivity index (χ4v) is 4.33. The molecule has 1 aromatic carbocycles.